The highest BCUT2D eigenvalue weighted by molar-refractivity contribution is 7.17. The van der Waals surface area contributed by atoms with E-state index in [4.69, 9.17) is 4.74 Å². The van der Waals surface area contributed by atoms with Gasteiger partial charge in [-0.2, -0.15) is 0 Å². The third-order valence-corrected chi connectivity index (χ3v) is 3.79. The maximum absolute atomic E-state index is 12.2. The van der Waals surface area contributed by atoms with Crippen molar-refractivity contribution in [2.24, 2.45) is 0 Å². The number of hydrogen-bond acceptors (Lipinski definition) is 6. The second-order valence-electron chi connectivity index (χ2n) is 4.29. The molecule has 106 valence electrons. The Morgan fingerprint density at radius 2 is 2.20 bits per heavy atom. The van der Waals surface area contributed by atoms with Crippen molar-refractivity contribution in [2.75, 3.05) is 6.61 Å². The number of aromatic nitrogens is 2. The number of rotatable bonds is 5. The molecule has 2 heterocycles. The molecular weight excluding hydrogens is 280 g/mol. The second-order valence-corrected chi connectivity index (χ2v) is 5.17. The van der Waals surface area contributed by atoms with E-state index in [0.717, 1.165) is 5.56 Å². The average Bonchev–Trinajstić information content (AvgIpc) is 2.75. The second kappa shape index (κ2) is 5.96. The number of thiophene rings is 1. The summed E-state index contributed by atoms with van der Waals surface area (Å²) in [5.41, 5.74) is 1.34. The normalized spacial score (nSPS) is 10.7. The molecule has 0 aliphatic carbocycles. The molecule has 2 aromatic rings. The molecule has 0 amide bonds. The van der Waals surface area contributed by atoms with Crippen LogP contribution in [0.15, 0.2) is 16.5 Å². The van der Waals surface area contributed by atoms with E-state index in [-0.39, 0.29) is 30.9 Å². The summed E-state index contributed by atoms with van der Waals surface area (Å²) in [5, 5.41) is 1.85. The molecule has 0 saturated carbocycles. The minimum atomic E-state index is -0.577. The number of esters is 1. The monoisotopic (exact) mass is 294 g/mol. The van der Waals surface area contributed by atoms with Crippen LogP contribution in [-0.2, 0) is 20.9 Å². The van der Waals surface area contributed by atoms with Gasteiger partial charge in [0.15, 0.2) is 5.78 Å². The number of carbonyl (C=O) groups excluding carboxylic acids is 2. The molecule has 20 heavy (non-hydrogen) atoms. The number of aryl methyl sites for hydroxylation is 1. The van der Waals surface area contributed by atoms with Gasteiger partial charge in [-0.1, -0.05) is 0 Å². The first-order valence-electron chi connectivity index (χ1n) is 6.13. The smallest absolute Gasteiger partial charge is 0.313 e. The predicted molar refractivity (Wildman–Crippen MR) is 74.9 cm³/mol. The zero-order valence-corrected chi connectivity index (χ0v) is 12.0. The summed E-state index contributed by atoms with van der Waals surface area (Å²) in [5.74, 6) is -0.952. The molecule has 6 nitrogen and oxygen atoms in total. The van der Waals surface area contributed by atoms with Crippen molar-refractivity contribution in [1.82, 2.24) is 9.55 Å². The van der Waals surface area contributed by atoms with E-state index in [1.165, 1.54) is 22.2 Å². The van der Waals surface area contributed by atoms with Crippen LogP contribution in [0.25, 0.3) is 10.2 Å². The van der Waals surface area contributed by atoms with Gasteiger partial charge in [0.1, 0.15) is 11.1 Å². The van der Waals surface area contributed by atoms with E-state index in [2.05, 4.69) is 4.98 Å². The number of nitrogens with zero attached hydrogens (tertiary/aromatic N) is 2. The number of Topliss-reactive ketones (excluding diaryl/α,β-unsaturated/α-hetero) is 1. The Hall–Kier alpha value is -2.02. The Balaban J connectivity index is 2.18. The van der Waals surface area contributed by atoms with Gasteiger partial charge in [-0.3, -0.25) is 19.0 Å². The molecule has 2 aromatic heterocycles. The van der Waals surface area contributed by atoms with Crippen LogP contribution in [0.2, 0.25) is 0 Å². The highest BCUT2D eigenvalue weighted by atomic mass is 32.1. The molecule has 0 unspecified atom stereocenters. The molecule has 0 aromatic carbocycles. The Labute approximate surface area is 119 Å². The van der Waals surface area contributed by atoms with E-state index in [0.29, 0.717) is 10.2 Å². The lowest BCUT2D eigenvalue weighted by atomic mass is 10.3. The van der Waals surface area contributed by atoms with Crippen LogP contribution in [0.5, 0.6) is 0 Å². The van der Waals surface area contributed by atoms with Crippen LogP contribution >= 0.6 is 11.3 Å². The predicted octanol–water partition coefficient (Wildman–Crippen LogP) is 1.29. The molecular formula is C13H14N2O4S. The zero-order chi connectivity index (χ0) is 14.7. The lowest BCUT2D eigenvalue weighted by Crippen LogP contribution is -2.25. The van der Waals surface area contributed by atoms with Crippen molar-refractivity contribution < 1.29 is 14.3 Å². The van der Waals surface area contributed by atoms with E-state index in [1.807, 2.05) is 12.3 Å². The van der Waals surface area contributed by atoms with Gasteiger partial charge in [-0.05, 0) is 24.8 Å². The van der Waals surface area contributed by atoms with E-state index < -0.39 is 5.97 Å². The Bertz CT molecular complexity index is 717. The van der Waals surface area contributed by atoms with Crippen molar-refractivity contribution in [3.63, 3.8) is 0 Å². The maximum atomic E-state index is 12.2. The number of ketones is 1. The van der Waals surface area contributed by atoms with E-state index in [9.17, 15) is 14.4 Å². The first kappa shape index (κ1) is 14.4. The third kappa shape index (κ3) is 2.93. The first-order valence-corrected chi connectivity index (χ1v) is 7.01. The molecule has 0 saturated heterocycles. The molecule has 0 aliphatic rings. The molecule has 0 aliphatic heterocycles. The van der Waals surface area contributed by atoms with Crippen molar-refractivity contribution in [1.29, 1.82) is 0 Å². The lowest BCUT2D eigenvalue weighted by molar-refractivity contribution is -0.145. The van der Waals surface area contributed by atoms with Crippen molar-refractivity contribution in [3.8, 4) is 0 Å². The summed E-state index contributed by atoms with van der Waals surface area (Å²) in [6.07, 6.45) is 1.01. The summed E-state index contributed by atoms with van der Waals surface area (Å²) < 4.78 is 6.44. The van der Waals surface area contributed by atoms with Crippen molar-refractivity contribution in [3.05, 3.63) is 27.6 Å². The van der Waals surface area contributed by atoms with Gasteiger partial charge in [0.05, 0.1) is 25.0 Å². The first-order chi connectivity index (χ1) is 9.52. The standard InChI is InChI=1S/C13H14N2O4S/c1-3-19-10(17)4-9(16)5-15-7-14-11-8(2)6-20-12(11)13(15)18/h6-7H,3-5H2,1-2H3. The van der Waals surface area contributed by atoms with Crippen LogP contribution in [0.3, 0.4) is 0 Å². The molecule has 0 N–H and O–H groups in total. The lowest BCUT2D eigenvalue weighted by Gasteiger charge is -2.04. The molecule has 0 bridgehead atoms. The van der Waals surface area contributed by atoms with Crippen LogP contribution < -0.4 is 5.56 Å². The Kier molecular flexibility index (Phi) is 4.29. The number of ether oxygens (including phenoxy) is 1. The highest BCUT2D eigenvalue weighted by Crippen LogP contribution is 2.19. The SMILES string of the molecule is CCOC(=O)CC(=O)Cn1cnc2c(C)csc2c1=O. The molecule has 0 atom stereocenters. The van der Waals surface area contributed by atoms with Gasteiger partial charge < -0.3 is 4.74 Å². The van der Waals surface area contributed by atoms with E-state index >= 15 is 0 Å². The van der Waals surface area contributed by atoms with Gasteiger partial charge in [-0.25, -0.2) is 4.98 Å². The third-order valence-electron chi connectivity index (χ3n) is 2.72. The summed E-state index contributed by atoms with van der Waals surface area (Å²) in [4.78, 5) is 39.2. The number of carbonyl (C=O) groups is 2. The maximum Gasteiger partial charge on any atom is 0.313 e. The minimum absolute atomic E-state index is 0.169. The Morgan fingerprint density at radius 3 is 2.90 bits per heavy atom. The molecule has 0 spiro atoms. The zero-order valence-electron chi connectivity index (χ0n) is 11.2. The van der Waals surface area contributed by atoms with Gasteiger partial charge in [0, 0.05) is 0 Å². The van der Waals surface area contributed by atoms with Crippen molar-refractivity contribution >= 4 is 33.3 Å². The van der Waals surface area contributed by atoms with Crippen LogP contribution in [-0.4, -0.2) is 27.9 Å². The summed E-state index contributed by atoms with van der Waals surface area (Å²) in [6, 6.07) is 0. The molecule has 0 radical (unpaired) electrons. The van der Waals surface area contributed by atoms with Crippen LogP contribution in [0.1, 0.15) is 18.9 Å². The fraction of sp³-hybridized carbons (Fsp3) is 0.385. The topological polar surface area (TPSA) is 78.3 Å². The van der Waals surface area contributed by atoms with Gasteiger partial charge in [-0.15, -0.1) is 11.3 Å². The van der Waals surface area contributed by atoms with Gasteiger partial charge in [0.25, 0.3) is 5.56 Å². The molecule has 2 rings (SSSR count). The fourth-order valence-corrected chi connectivity index (χ4v) is 2.74. The van der Waals surface area contributed by atoms with E-state index in [1.54, 1.807) is 6.92 Å². The Morgan fingerprint density at radius 1 is 1.45 bits per heavy atom. The summed E-state index contributed by atoms with van der Waals surface area (Å²) >= 11 is 1.31. The highest BCUT2D eigenvalue weighted by Gasteiger charge is 2.14. The molecule has 7 heteroatoms. The number of hydrogen-bond donors (Lipinski definition) is 0. The van der Waals surface area contributed by atoms with Crippen LogP contribution in [0.4, 0.5) is 0 Å². The quantitative estimate of drug-likeness (QED) is 0.613. The molecule has 0 fully saturated rings. The van der Waals surface area contributed by atoms with Gasteiger partial charge in [0.2, 0.25) is 0 Å². The minimum Gasteiger partial charge on any atom is -0.466 e. The van der Waals surface area contributed by atoms with Crippen LogP contribution in [0, 0.1) is 6.92 Å². The fourth-order valence-electron chi connectivity index (χ4n) is 1.79. The largest absolute Gasteiger partial charge is 0.466 e. The van der Waals surface area contributed by atoms with Gasteiger partial charge >= 0.3 is 5.97 Å². The summed E-state index contributed by atoms with van der Waals surface area (Å²) in [6.45, 7) is 3.61. The summed E-state index contributed by atoms with van der Waals surface area (Å²) in [7, 11) is 0. The average molecular weight is 294 g/mol. The number of fused-ring (bicyclic) bond motifs is 1. The van der Waals surface area contributed by atoms with Crippen molar-refractivity contribution in [2.45, 2.75) is 26.8 Å².